The molecular weight excluding hydrogens is 288 g/mol. The van der Waals surface area contributed by atoms with Crippen LogP contribution in [0.25, 0.3) is 0 Å². The zero-order valence-corrected chi connectivity index (χ0v) is 12.9. The molecule has 1 aromatic carbocycles. The molecule has 21 heavy (non-hydrogen) atoms. The highest BCUT2D eigenvalue weighted by atomic mass is 32.2. The first-order valence-electron chi connectivity index (χ1n) is 7.56. The van der Waals surface area contributed by atoms with E-state index in [1.807, 2.05) is 12.1 Å². The van der Waals surface area contributed by atoms with E-state index >= 15 is 0 Å². The van der Waals surface area contributed by atoms with Gasteiger partial charge in [-0.05, 0) is 37.0 Å². The zero-order chi connectivity index (χ0) is 14.7. The minimum atomic E-state index is -3.41. The lowest BCUT2D eigenvalue weighted by atomic mass is 10.2. The maximum absolute atomic E-state index is 12.7. The van der Waals surface area contributed by atoms with Gasteiger partial charge in [0.25, 0.3) is 0 Å². The Morgan fingerprint density at radius 1 is 1.24 bits per heavy atom. The summed E-state index contributed by atoms with van der Waals surface area (Å²) in [6.45, 7) is 2.82. The van der Waals surface area contributed by atoms with Gasteiger partial charge in [0.15, 0.2) is 0 Å². The highest BCUT2D eigenvalue weighted by Crippen LogP contribution is 2.21. The van der Waals surface area contributed by atoms with Gasteiger partial charge in [-0.1, -0.05) is 12.1 Å². The Morgan fingerprint density at radius 3 is 2.90 bits per heavy atom. The third-order valence-corrected chi connectivity index (χ3v) is 5.78. The van der Waals surface area contributed by atoms with Crippen molar-refractivity contribution < 1.29 is 13.2 Å². The van der Waals surface area contributed by atoms with E-state index in [0.29, 0.717) is 37.2 Å². The van der Waals surface area contributed by atoms with E-state index in [1.165, 1.54) is 17.1 Å². The molecule has 0 bridgehead atoms. The van der Waals surface area contributed by atoms with E-state index in [-0.39, 0.29) is 0 Å². The molecule has 0 aromatic heterocycles. The fourth-order valence-electron chi connectivity index (χ4n) is 2.48. The number of hydrogen-bond donors (Lipinski definition) is 1. The van der Waals surface area contributed by atoms with Crippen molar-refractivity contribution in [1.29, 1.82) is 0 Å². The average Bonchev–Trinajstić information content (AvgIpc) is 3.32. The summed E-state index contributed by atoms with van der Waals surface area (Å²) in [4.78, 5) is 0.388. The van der Waals surface area contributed by atoms with E-state index in [1.54, 1.807) is 12.1 Å². The number of rotatable bonds is 5. The third-order valence-electron chi connectivity index (χ3n) is 3.89. The van der Waals surface area contributed by atoms with Crippen LogP contribution in [0.5, 0.6) is 0 Å². The molecule has 0 atom stereocenters. The number of nitrogens with zero attached hydrogens (tertiary/aromatic N) is 1. The average molecular weight is 310 g/mol. The normalized spacial score (nSPS) is 21.1. The molecule has 5 nitrogen and oxygen atoms in total. The number of ether oxygens (including phenoxy) is 1. The largest absolute Gasteiger partial charge is 0.380 e. The molecule has 0 radical (unpaired) electrons. The predicted molar refractivity (Wildman–Crippen MR) is 80.5 cm³/mol. The van der Waals surface area contributed by atoms with Crippen LogP contribution in [0.3, 0.4) is 0 Å². The van der Waals surface area contributed by atoms with Crippen molar-refractivity contribution in [2.24, 2.45) is 0 Å². The smallest absolute Gasteiger partial charge is 0.243 e. The molecule has 1 heterocycles. The van der Waals surface area contributed by atoms with Crippen LogP contribution in [0.15, 0.2) is 29.2 Å². The summed E-state index contributed by atoms with van der Waals surface area (Å²) >= 11 is 0. The molecule has 1 aromatic rings. The first-order chi connectivity index (χ1) is 10.2. The van der Waals surface area contributed by atoms with Crippen molar-refractivity contribution in [2.75, 3.05) is 26.3 Å². The number of nitrogens with one attached hydrogen (secondary N) is 1. The van der Waals surface area contributed by atoms with Crippen LogP contribution in [0.4, 0.5) is 0 Å². The Bertz CT molecular complexity index is 576. The van der Waals surface area contributed by atoms with Crippen molar-refractivity contribution in [3.63, 3.8) is 0 Å². The lowest BCUT2D eigenvalue weighted by Crippen LogP contribution is -2.33. The molecule has 116 valence electrons. The molecule has 1 saturated carbocycles. The summed E-state index contributed by atoms with van der Waals surface area (Å²) in [7, 11) is -3.41. The molecule has 1 aliphatic heterocycles. The molecule has 0 spiro atoms. The fourth-order valence-corrected chi connectivity index (χ4v) is 4.01. The molecule has 1 saturated heterocycles. The Morgan fingerprint density at radius 2 is 2.10 bits per heavy atom. The van der Waals surface area contributed by atoms with Crippen LogP contribution >= 0.6 is 0 Å². The van der Waals surface area contributed by atoms with Crippen molar-refractivity contribution in [3.8, 4) is 0 Å². The van der Waals surface area contributed by atoms with Crippen molar-refractivity contribution >= 4 is 10.0 Å². The SMILES string of the molecule is O=S(=O)(c1cccc(CNC2CC2)c1)N1CCCOCC1. The lowest BCUT2D eigenvalue weighted by Gasteiger charge is -2.19. The van der Waals surface area contributed by atoms with E-state index < -0.39 is 10.0 Å². The molecule has 3 rings (SSSR count). The number of sulfonamides is 1. The number of benzene rings is 1. The third kappa shape index (κ3) is 3.83. The Balaban J connectivity index is 1.75. The fraction of sp³-hybridized carbons (Fsp3) is 0.600. The maximum Gasteiger partial charge on any atom is 0.243 e. The first-order valence-corrected chi connectivity index (χ1v) is 9.00. The van der Waals surface area contributed by atoms with E-state index in [2.05, 4.69) is 5.32 Å². The second-order valence-electron chi connectivity index (χ2n) is 5.67. The Labute approximate surface area is 126 Å². The molecule has 2 fully saturated rings. The Kier molecular flexibility index (Phi) is 4.59. The second kappa shape index (κ2) is 6.44. The second-order valence-corrected chi connectivity index (χ2v) is 7.61. The van der Waals surface area contributed by atoms with Gasteiger partial charge in [-0.15, -0.1) is 0 Å². The monoisotopic (exact) mass is 310 g/mol. The van der Waals surface area contributed by atoms with Gasteiger partial charge in [0.2, 0.25) is 10.0 Å². The molecule has 1 N–H and O–H groups in total. The Hall–Kier alpha value is -0.950. The maximum atomic E-state index is 12.7. The van der Waals surface area contributed by atoms with Gasteiger partial charge in [0, 0.05) is 32.3 Å². The van der Waals surface area contributed by atoms with Crippen molar-refractivity contribution in [1.82, 2.24) is 9.62 Å². The van der Waals surface area contributed by atoms with Crippen LogP contribution in [-0.4, -0.2) is 45.1 Å². The molecule has 2 aliphatic rings. The van der Waals surface area contributed by atoms with E-state index in [0.717, 1.165) is 18.5 Å². The summed E-state index contributed by atoms with van der Waals surface area (Å²) in [5, 5.41) is 3.41. The molecular formula is C15H22N2O3S. The van der Waals surface area contributed by atoms with Gasteiger partial charge in [-0.2, -0.15) is 4.31 Å². The van der Waals surface area contributed by atoms with E-state index in [9.17, 15) is 8.42 Å². The van der Waals surface area contributed by atoms with Crippen LogP contribution in [-0.2, 0) is 21.3 Å². The minimum absolute atomic E-state index is 0.388. The van der Waals surface area contributed by atoms with Gasteiger partial charge < -0.3 is 10.1 Å². The summed E-state index contributed by atoms with van der Waals surface area (Å²) in [5.74, 6) is 0. The summed E-state index contributed by atoms with van der Waals surface area (Å²) in [5.41, 5.74) is 1.02. The quantitative estimate of drug-likeness (QED) is 0.892. The number of hydrogen-bond acceptors (Lipinski definition) is 4. The van der Waals surface area contributed by atoms with Crippen LogP contribution in [0, 0.1) is 0 Å². The zero-order valence-electron chi connectivity index (χ0n) is 12.1. The molecule has 6 heteroatoms. The summed E-state index contributed by atoms with van der Waals surface area (Å²) < 4.78 is 32.3. The minimum Gasteiger partial charge on any atom is -0.380 e. The van der Waals surface area contributed by atoms with Crippen molar-refractivity contribution in [2.45, 2.75) is 36.7 Å². The standard InChI is InChI=1S/C15H22N2O3S/c18-21(19,17-7-2-9-20-10-8-17)15-4-1-3-13(11-15)12-16-14-5-6-14/h1,3-4,11,14,16H,2,5-10,12H2. The van der Waals surface area contributed by atoms with Gasteiger partial charge >= 0.3 is 0 Å². The highest BCUT2D eigenvalue weighted by molar-refractivity contribution is 7.89. The van der Waals surface area contributed by atoms with Gasteiger partial charge in [-0.3, -0.25) is 0 Å². The lowest BCUT2D eigenvalue weighted by molar-refractivity contribution is 0.148. The van der Waals surface area contributed by atoms with Gasteiger partial charge in [0.05, 0.1) is 11.5 Å². The van der Waals surface area contributed by atoms with Crippen LogP contribution in [0.1, 0.15) is 24.8 Å². The summed E-state index contributed by atoms with van der Waals surface area (Å²) in [6.07, 6.45) is 3.21. The molecule has 1 aliphatic carbocycles. The van der Waals surface area contributed by atoms with Crippen molar-refractivity contribution in [3.05, 3.63) is 29.8 Å². The highest BCUT2D eigenvalue weighted by Gasteiger charge is 2.25. The first kappa shape index (κ1) is 15.0. The van der Waals surface area contributed by atoms with Crippen LogP contribution in [0.2, 0.25) is 0 Å². The van der Waals surface area contributed by atoms with Crippen LogP contribution < -0.4 is 5.32 Å². The molecule has 0 amide bonds. The van der Waals surface area contributed by atoms with Gasteiger partial charge in [0.1, 0.15) is 0 Å². The topological polar surface area (TPSA) is 58.6 Å². The molecule has 0 unspecified atom stereocenters. The summed E-state index contributed by atoms with van der Waals surface area (Å²) in [6, 6.07) is 7.89. The predicted octanol–water partition coefficient (Wildman–Crippen LogP) is 1.35. The van der Waals surface area contributed by atoms with E-state index in [4.69, 9.17) is 4.74 Å². The van der Waals surface area contributed by atoms with Gasteiger partial charge in [-0.25, -0.2) is 8.42 Å².